The number of benzene rings is 1. The number of alkyl halides is 3. The van der Waals surface area contributed by atoms with Gasteiger partial charge in [-0.2, -0.15) is 13.2 Å². The van der Waals surface area contributed by atoms with Crippen molar-refractivity contribution >= 4 is 11.5 Å². The fraction of sp³-hybridized carbons (Fsp3) is 0.476. The summed E-state index contributed by atoms with van der Waals surface area (Å²) in [6.07, 6.45) is 3.32. The van der Waals surface area contributed by atoms with E-state index in [0.29, 0.717) is 23.6 Å². The summed E-state index contributed by atoms with van der Waals surface area (Å²) in [5.74, 6) is 0.251. The molecular weight excluding hydrogens is 409 g/mol. The van der Waals surface area contributed by atoms with E-state index in [4.69, 9.17) is 0 Å². The van der Waals surface area contributed by atoms with Crippen molar-refractivity contribution in [3.8, 4) is 17.1 Å². The van der Waals surface area contributed by atoms with Crippen LogP contribution in [0.15, 0.2) is 30.6 Å². The Morgan fingerprint density at radius 3 is 2.71 bits per heavy atom. The van der Waals surface area contributed by atoms with E-state index in [9.17, 15) is 18.3 Å². The number of phenols is 1. The highest BCUT2D eigenvalue weighted by Crippen LogP contribution is 2.36. The van der Waals surface area contributed by atoms with Crippen LogP contribution in [0.2, 0.25) is 0 Å². The monoisotopic (exact) mass is 434 g/mol. The summed E-state index contributed by atoms with van der Waals surface area (Å²) < 4.78 is 40.3. The summed E-state index contributed by atoms with van der Waals surface area (Å²) in [5, 5.41) is 22.2. The summed E-state index contributed by atoms with van der Waals surface area (Å²) in [6, 6.07) is 3.54. The van der Waals surface area contributed by atoms with Gasteiger partial charge in [0.25, 0.3) is 0 Å². The van der Waals surface area contributed by atoms with E-state index in [1.165, 1.54) is 18.9 Å². The van der Waals surface area contributed by atoms with E-state index in [0.717, 1.165) is 32.0 Å². The predicted molar refractivity (Wildman–Crippen MR) is 111 cm³/mol. The number of imidazole rings is 1. The van der Waals surface area contributed by atoms with Gasteiger partial charge < -0.3 is 10.4 Å². The minimum Gasteiger partial charge on any atom is -0.507 e. The van der Waals surface area contributed by atoms with Gasteiger partial charge in [0.05, 0.1) is 11.1 Å². The van der Waals surface area contributed by atoms with Crippen molar-refractivity contribution in [2.75, 3.05) is 18.4 Å². The van der Waals surface area contributed by atoms with Crippen molar-refractivity contribution < 1.29 is 18.3 Å². The second kappa shape index (κ2) is 7.99. The Balaban J connectivity index is 0.00000231. The number of phenolic OH excluding ortho intramolecular Hbond substituents is 1. The highest BCUT2D eigenvalue weighted by molar-refractivity contribution is 5.71. The van der Waals surface area contributed by atoms with Crippen LogP contribution < -0.4 is 5.32 Å². The van der Waals surface area contributed by atoms with Crippen molar-refractivity contribution in [3.63, 3.8) is 0 Å². The Hall–Kier alpha value is -2.88. The van der Waals surface area contributed by atoms with Gasteiger partial charge in [0, 0.05) is 31.0 Å². The molecule has 4 heterocycles. The Morgan fingerprint density at radius 1 is 1.10 bits per heavy atom. The Labute approximate surface area is 177 Å². The topological polar surface area (TPSA) is 78.6 Å². The van der Waals surface area contributed by atoms with E-state index in [1.54, 1.807) is 16.8 Å². The van der Waals surface area contributed by atoms with Gasteiger partial charge in [-0.05, 0) is 44.0 Å². The lowest BCUT2D eigenvalue weighted by Crippen LogP contribution is -2.42. The second-order valence-corrected chi connectivity index (χ2v) is 7.86. The molecule has 3 aromatic rings. The normalized spacial score (nSPS) is 21.6. The molecule has 2 saturated heterocycles. The van der Waals surface area contributed by atoms with Crippen molar-refractivity contribution in [3.05, 3.63) is 36.2 Å². The maximum Gasteiger partial charge on any atom is 0.416 e. The fourth-order valence-corrected chi connectivity index (χ4v) is 4.61. The van der Waals surface area contributed by atoms with Crippen LogP contribution in [0.1, 0.15) is 38.7 Å². The number of halogens is 3. The average molecular weight is 434 g/mol. The number of anilines is 1. The molecule has 10 heteroatoms. The largest absolute Gasteiger partial charge is 0.507 e. The molecule has 2 N–H and O–H groups in total. The van der Waals surface area contributed by atoms with Gasteiger partial charge >= 0.3 is 6.18 Å². The Bertz CT molecular complexity index is 1080. The fourth-order valence-electron chi connectivity index (χ4n) is 4.61. The Morgan fingerprint density at radius 2 is 1.94 bits per heavy atom. The van der Waals surface area contributed by atoms with Gasteiger partial charge in [0.2, 0.25) is 0 Å². The lowest BCUT2D eigenvalue weighted by molar-refractivity contribution is -0.137. The number of hydrogen-bond acceptors (Lipinski definition) is 6. The lowest BCUT2D eigenvalue weighted by atomic mass is 9.99. The van der Waals surface area contributed by atoms with Crippen LogP contribution in [0.25, 0.3) is 17.0 Å². The van der Waals surface area contributed by atoms with Crippen LogP contribution in [0.4, 0.5) is 19.0 Å². The first kappa shape index (κ1) is 21.4. The molecule has 2 aliphatic heterocycles. The molecule has 7 nitrogen and oxygen atoms in total. The van der Waals surface area contributed by atoms with Crippen LogP contribution in [0, 0.1) is 0 Å². The molecule has 0 saturated carbocycles. The molecule has 0 amide bonds. The summed E-state index contributed by atoms with van der Waals surface area (Å²) in [4.78, 5) is 6.87. The third kappa shape index (κ3) is 3.80. The van der Waals surface area contributed by atoms with Gasteiger partial charge in [0.1, 0.15) is 5.75 Å². The molecule has 2 aromatic heterocycles. The third-order valence-electron chi connectivity index (χ3n) is 6.07. The summed E-state index contributed by atoms with van der Waals surface area (Å²) in [7, 11) is 0. The van der Waals surface area contributed by atoms with Crippen LogP contribution in [-0.4, -0.2) is 54.8 Å². The van der Waals surface area contributed by atoms with Gasteiger partial charge in [-0.25, -0.2) is 4.98 Å². The van der Waals surface area contributed by atoms with Crippen molar-refractivity contribution in [2.45, 2.75) is 51.4 Å². The maximum atomic E-state index is 12.9. The van der Waals surface area contributed by atoms with Crippen molar-refractivity contribution in [1.29, 1.82) is 0 Å². The van der Waals surface area contributed by atoms with Crippen LogP contribution >= 0.6 is 0 Å². The number of nitrogens with one attached hydrogen (secondary N) is 1. The molecular formula is C21H25F3N6O. The highest BCUT2D eigenvalue weighted by Gasteiger charge is 2.36. The molecule has 2 atom stereocenters. The number of rotatable bonds is 3. The van der Waals surface area contributed by atoms with Gasteiger partial charge in [-0.1, -0.05) is 13.8 Å². The number of fused-ring (bicyclic) bond motifs is 2. The van der Waals surface area contributed by atoms with E-state index in [-0.39, 0.29) is 24.9 Å². The molecule has 2 unspecified atom stereocenters. The standard InChI is InChI=1S/C20H21F3N6O.CH4/c21-20(22,23)12-4-5-13(16(30)11-12)18-27-26-17(19-24-7-10-29(18)19)25-14-6-9-28-8-2-1-3-15(14)28;/h4-5,7,10-11,14-15,30H,1-3,6,8-9H2,(H,25,26);1H4. The van der Waals surface area contributed by atoms with Crippen LogP contribution in [-0.2, 0) is 6.18 Å². The molecule has 0 aliphatic carbocycles. The van der Waals surface area contributed by atoms with Crippen molar-refractivity contribution in [2.24, 2.45) is 0 Å². The molecule has 2 fully saturated rings. The molecule has 5 rings (SSSR count). The molecule has 0 radical (unpaired) electrons. The number of aromatic nitrogens is 4. The zero-order chi connectivity index (χ0) is 20.9. The number of hydrogen-bond donors (Lipinski definition) is 2. The first-order valence-electron chi connectivity index (χ1n) is 10.0. The van der Waals surface area contributed by atoms with E-state index < -0.39 is 17.5 Å². The average Bonchev–Trinajstić information content (AvgIpc) is 3.36. The second-order valence-electron chi connectivity index (χ2n) is 7.86. The summed E-state index contributed by atoms with van der Waals surface area (Å²) in [6.45, 7) is 2.18. The first-order chi connectivity index (χ1) is 14.4. The number of nitrogens with zero attached hydrogens (tertiary/aromatic N) is 5. The van der Waals surface area contributed by atoms with Gasteiger partial charge in [-0.15, -0.1) is 10.2 Å². The summed E-state index contributed by atoms with van der Waals surface area (Å²) in [5.41, 5.74) is -0.243. The SMILES string of the molecule is C.Oc1cc(C(F)(F)F)ccc1-c1nnc(NC2CCN3CCCCC23)c2nccn12. The number of aromatic hydroxyl groups is 1. The third-order valence-corrected chi connectivity index (χ3v) is 6.07. The zero-order valence-corrected chi connectivity index (χ0v) is 16.1. The van der Waals surface area contributed by atoms with Crippen LogP contribution in [0.5, 0.6) is 5.75 Å². The quantitative estimate of drug-likeness (QED) is 0.644. The molecule has 0 bridgehead atoms. The van der Waals surface area contributed by atoms with E-state index >= 15 is 0 Å². The predicted octanol–water partition coefficient (Wildman–Crippen LogP) is 4.19. The van der Waals surface area contributed by atoms with Gasteiger partial charge in [-0.3, -0.25) is 9.30 Å². The molecule has 166 valence electrons. The highest BCUT2D eigenvalue weighted by atomic mass is 19.4. The van der Waals surface area contributed by atoms with Gasteiger partial charge in [0.15, 0.2) is 17.3 Å². The van der Waals surface area contributed by atoms with Crippen molar-refractivity contribution in [1.82, 2.24) is 24.5 Å². The minimum atomic E-state index is -4.53. The molecule has 31 heavy (non-hydrogen) atoms. The van der Waals surface area contributed by atoms with E-state index in [2.05, 4.69) is 25.4 Å². The summed E-state index contributed by atoms with van der Waals surface area (Å²) >= 11 is 0. The molecule has 1 aromatic carbocycles. The van der Waals surface area contributed by atoms with E-state index in [1.807, 2.05) is 0 Å². The smallest absolute Gasteiger partial charge is 0.416 e. The maximum absolute atomic E-state index is 12.9. The first-order valence-corrected chi connectivity index (χ1v) is 10.0. The number of piperidine rings is 1. The molecule has 0 spiro atoms. The van der Waals surface area contributed by atoms with Crippen LogP contribution in [0.3, 0.4) is 0 Å². The zero-order valence-electron chi connectivity index (χ0n) is 16.1. The lowest BCUT2D eigenvalue weighted by Gasteiger charge is -2.32. The minimum absolute atomic E-state index is 0. The molecule has 2 aliphatic rings. The Kier molecular flexibility index (Phi) is 5.50.